The van der Waals surface area contributed by atoms with Gasteiger partial charge in [-0.3, -0.25) is 4.68 Å². The fourth-order valence-corrected chi connectivity index (χ4v) is 2.45. The number of aryl methyl sites for hydroxylation is 1. The van der Waals surface area contributed by atoms with Crippen molar-refractivity contribution >= 4 is 0 Å². The van der Waals surface area contributed by atoms with E-state index >= 15 is 0 Å². The van der Waals surface area contributed by atoms with Crippen LogP contribution in [-0.2, 0) is 6.42 Å². The van der Waals surface area contributed by atoms with E-state index in [2.05, 4.69) is 62.0 Å². The van der Waals surface area contributed by atoms with Crippen molar-refractivity contribution in [1.29, 1.82) is 0 Å². The van der Waals surface area contributed by atoms with Crippen LogP contribution < -0.4 is 5.32 Å². The van der Waals surface area contributed by atoms with Crippen molar-refractivity contribution in [1.82, 2.24) is 15.1 Å². The Morgan fingerprint density at radius 3 is 2.60 bits per heavy atom. The lowest BCUT2D eigenvalue weighted by atomic mass is 9.98. The molecule has 3 heteroatoms. The predicted octanol–water partition coefficient (Wildman–Crippen LogP) is 4.20. The lowest BCUT2D eigenvalue weighted by Crippen LogP contribution is -2.34. The molecule has 20 heavy (non-hydrogen) atoms. The first-order valence-electron chi connectivity index (χ1n) is 8.35. The van der Waals surface area contributed by atoms with Crippen molar-refractivity contribution in [3.05, 3.63) is 18.0 Å². The molecule has 0 radical (unpaired) electrons. The molecule has 0 saturated heterocycles. The van der Waals surface area contributed by atoms with Gasteiger partial charge in [0.25, 0.3) is 0 Å². The predicted molar refractivity (Wildman–Crippen MR) is 87.1 cm³/mol. The Bertz CT molecular complexity index is 357. The molecule has 0 fully saturated rings. The molecule has 1 rings (SSSR count). The Morgan fingerprint density at radius 1 is 1.25 bits per heavy atom. The molecular formula is C17H33N3. The fourth-order valence-electron chi connectivity index (χ4n) is 2.45. The number of hydrogen-bond acceptors (Lipinski definition) is 2. The number of rotatable bonds is 10. The number of nitrogens with one attached hydrogen (secondary N) is 1. The molecule has 116 valence electrons. The maximum Gasteiger partial charge on any atom is 0.0624 e. The van der Waals surface area contributed by atoms with Crippen LogP contribution in [0.5, 0.6) is 0 Å². The molecule has 1 N–H and O–H groups in total. The summed E-state index contributed by atoms with van der Waals surface area (Å²) in [5, 5.41) is 8.34. The normalized spacial score (nSPS) is 14.7. The van der Waals surface area contributed by atoms with Crippen LogP contribution in [0.15, 0.2) is 12.3 Å². The highest BCUT2D eigenvalue weighted by Gasteiger charge is 2.12. The van der Waals surface area contributed by atoms with E-state index in [1.165, 1.54) is 25.0 Å². The highest BCUT2D eigenvalue weighted by Crippen LogP contribution is 2.13. The third kappa shape index (κ3) is 5.66. The van der Waals surface area contributed by atoms with Crippen molar-refractivity contribution in [3.8, 4) is 0 Å². The Hall–Kier alpha value is -0.830. The van der Waals surface area contributed by atoms with E-state index < -0.39 is 0 Å². The van der Waals surface area contributed by atoms with Gasteiger partial charge >= 0.3 is 0 Å². The van der Waals surface area contributed by atoms with Crippen molar-refractivity contribution in [2.75, 3.05) is 6.54 Å². The first-order valence-corrected chi connectivity index (χ1v) is 8.35. The standard InChI is InChI=1S/C17H33N3/c1-6-12-18-17(14(3)4)10-8-9-16-11-13-20(19-16)15(5)7-2/h11,13-15,17-18H,6-10,12H2,1-5H3. The van der Waals surface area contributed by atoms with E-state index in [-0.39, 0.29) is 0 Å². The summed E-state index contributed by atoms with van der Waals surface area (Å²) in [6.45, 7) is 12.4. The van der Waals surface area contributed by atoms with Gasteiger partial charge in [0.2, 0.25) is 0 Å². The first kappa shape index (κ1) is 17.2. The first-order chi connectivity index (χ1) is 9.58. The van der Waals surface area contributed by atoms with Gasteiger partial charge in [0.05, 0.1) is 5.69 Å². The van der Waals surface area contributed by atoms with Crippen LogP contribution in [0.1, 0.15) is 72.0 Å². The van der Waals surface area contributed by atoms with Crippen molar-refractivity contribution in [2.45, 2.75) is 78.8 Å². The molecule has 0 bridgehead atoms. The largest absolute Gasteiger partial charge is 0.314 e. The molecule has 2 atom stereocenters. The molecule has 0 aliphatic carbocycles. The van der Waals surface area contributed by atoms with Crippen molar-refractivity contribution in [3.63, 3.8) is 0 Å². The minimum absolute atomic E-state index is 0.512. The van der Waals surface area contributed by atoms with Crippen LogP contribution in [0.3, 0.4) is 0 Å². The minimum Gasteiger partial charge on any atom is -0.314 e. The lowest BCUT2D eigenvalue weighted by Gasteiger charge is -2.22. The van der Waals surface area contributed by atoms with Gasteiger partial charge in [-0.15, -0.1) is 0 Å². The Morgan fingerprint density at radius 2 is 2.00 bits per heavy atom. The van der Waals surface area contributed by atoms with Gasteiger partial charge in [0.1, 0.15) is 0 Å². The quantitative estimate of drug-likeness (QED) is 0.695. The van der Waals surface area contributed by atoms with Crippen LogP contribution in [0.2, 0.25) is 0 Å². The van der Waals surface area contributed by atoms with E-state index in [1.54, 1.807) is 0 Å². The zero-order chi connectivity index (χ0) is 15.0. The molecule has 0 aliphatic heterocycles. The van der Waals surface area contributed by atoms with Gasteiger partial charge < -0.3 is 5.32 Å². The number of nitrogens with zero attached hydrogens (tertiary/aromatic N) is 2. The average Bonchev–Trinajstić information content (AvgIpc) is 2.90. The van der Waals surface area contributed by atoms with Crippen LogP contribution >= 0.6 is 0 Å². The van der Waals surface area contributed by atoms with Gasteiger partial charge in [-0.05, 0) is 57.6 Å². The summed E-state index contributed by atoms with van der Waals surface area (Å²) in [5.74, 6) is 0.708. The van der Waals surface area contributed by atoms with E-state index in [1.807, 2.05) is 0 Å². The summed E-state index contributed by atoms with van der Waals surface area (Å²) < 4.78 is 2.10. The van der Waals surface area contributed by atoms with E-state index in [4.69, 9.17) is 0 Å². The Kier molecular flexibility index (Phi) is 7.90. The monoisotopic (exact) mass is 279 g/mol. The van der Waals surface area contributed by atoms with Crippen LogP contribution in [0, 0.1) is 5.92 Å². The molecule has 1 aromatic heterocycles. The third-order valence-corrected chi connectivity index (χ3v) is 4.12. The van der Waals surface area contributed by atoms with Crippen LogP contribution in [0.4, 0.5) is 0 Å². The smallest absolute Gasteiger partial charge is 0.0624 e. The Balaban J connectivity index is 2.36. The Labute approximate surface area is 125 Å². The molecular weight excluding hydrogens is 246 g/mol. The van der Waals surface area contributed by atoms with Gasteiger partial charge in [0.15, 0.2) is 0 Å². The van der Waals surface area contributed by atoms with Gasteiger partial charge in [0, 0.05) is 18.3 Å². The topological polar surface area (TPSA) is 29.9 Å². The van der Waals surface area contributed by atoms with E-state index in [9.17, 15) is 0 Å². The van der Waals surface area contributed by atoms with Crippen molar-refractivity contribution in [2.24, 2.45) is 5.92 Å². The molecule has 0 spiro atoms. The summed E-state index contributed by atoms with van der Waals surface area (Å²) >= 11 is 0. The minimum atomic E-state index is 0.512. The maximum absolute atomic E-state index is 4.68. The zero-order valence-corrected chi connectivity index (χ0v) is 14.0. The molecule has 0 aliphatic rings. The fraction of sp³-hybridized carbons (Fsp3) is 0.824. The van der Waals surface area contributed by atoms with Gasteiger partial charge in [-0.2, -0.15) is 5.10 Å². The molecule has 3 nitrogen and oxygen atoms in total. The highest BCUT2D eigenvalue weighted by atomic mass is 15.3. The molecule has 1 aromatic rings. The molecule has 0 amide bonds. The number of aromatic nitrogens is 2. The van der Waals surface area contributed by atoms with E-state index in [0.29, 0.717) is 18.0 Å². The van der Waals surface area contributed by atoms with Crippen molar-refractivity contribution < 1.29 is 0 Å². The lowest BCUT2D eigenvalue weighted by molar-refractivity contribution is 0.369. The summed E-state index contributed by atoms with van der Waals surface area (Å²) in [5.41, 5.74) is 1.24. The van der Waals surface area contributed by atoms with Crippen LogP contribution in [0.25, 0.3) is 0 Å². The van der Waals surface area contributed by atoms with Gasteiger partial charge in [-0.1, -0.05) is 27.7 Å². The summed E-state index contributed by atoms with van der Waals surface area (Å²) in [6, 6.07) is 3.33. The summed E-state index contributed by atoms with van der Waals surface area (Å²) in [4.78, 5) is 0. The third-order valence-electron chi connectivity index (χ3n) is 4.12. The summed E-state index contributed by atoms with van der Waals surface area (Å²) in [6.07, 6.45) is 8.03. The number of hydrogen-bond donors (Lipinski definition) is 1. The second kappa shape index (κ2) is 9.17. The average molecular weight is 279 g/mol. The molecule has 1 heterocycles. The zero-order valence-electron chi connectivity index (χ0n) is 14.0. The SMILES string of the molecule is CCCNC(CCCc1ccn(C(C)CC)n1)C(C)C. The highest BCUT2D eigenvalue weighted by molar-refractivity contribution is 4.99. The summed E-state index contributed by atoms with van der Waals surface area (Å²) in [7, 11) is 0. The van der Waals surface area contributed by atoms with E-state index in [0.717, 1.165) is 19.4 Å². The molecule has 0 saturated carbocycles. The maximum atomic E-state index is 4.68. The second-order valence-electron chi connectivity index (χ2n) is 6.24. The molecule has 2 unspecified atom stereocenters. The molecule has 0 aromatic carbocycles. The van der Waals surface area contributed by atoms with Crippen LogP contribution in [-0.4, -0.2) is 22.4 Å². The van der Waals surface area contributed by atoms with Gasteiger partial charge in [-0.25, -0.2) is 0 Å². The second-order valence-corrected chi connectivity index (χ2v) is 6.24.